The topological polar surface area (TPSA) is 115 Å². The number of fused-ring (bicyclic) bond motifs is 1. The highest BCUT2D eigenvalue weighted by molar-refractivity contribution is 6.30. The van der Waals surface area contributed by atoms with Crippen LogP contribution in [-0.4, -0.2) is 55.5 Å². The molecule has 2 fully saturated rings. The van der Waals surface area contributed by atoms with Gasteiger partial charge in [-0.2, -0.15) is 4.98 Å². The molecule has 1 saturated carbocycles. The lowest BCUT2D eigenvalue weighted by Crippen LogP contribution is -2.49. The smallest absolute Gasteiger partial charge is 0.384 e. The summed E-state index contributed by atoms with van der Waals surface area (Å²) in [5.41, 5.74) is 2.90. The zero-order valence-corrected chi connectivity index (χ0v) is 23.3. The van der Waals surface area contributed by atoms with Gasteiger partial charge in [0.25, 0.3) is 5.89 Å². The number of hydrogen-bond acceptors (Lipinski definition) is 8. The number of ether oxygens (including phenoxy) is 1. The van der Waals surface area contributed by atoms with Crippen LogP contribution < -0.4 is 10.7 Å². The fraction of sp³-hybridized carbons (Fsp3) is 0.536. The summed E-state index contributed by atoms with van der Waals surface area (Å²) < 4.78 is 13.4. The molecule has 4 heterocycles. The molecule has 1 saturated heterocycles. The summed E-state index contributed by atoms with van der Waals surface area (Å²) in [6.07, 6.45) is 4.83. The molecule has 1 N–H and O–H groups in total. The minimum Gasteiger partial charge on any atom is -0.384 e. The van der Waals surface area contributed by atoms with Crippen LogP contribution in [0.5, 0.6) is 0 Å². The van der Waals surface area contributed by atoms with Crippen LogP contribution in [-0.2, 0) is 11.3 Å². The normalized spacial score (nSPS) is 22.2. The Morgan fingerprint density at radius 2 is 1.97 bits per heavy atom. The molecule has 39 heavy (non-hydrogen) atoms. The van der Waals surface area contributed by atoms with Gasteiger partial charge in [0.2, 0.25) is 11.8 Å². The summed E-state index contributed by atoms with van der Waals surface area (Å²) in [6.45, 7) is 9.65. The van der Waals surface area contributed by atoms with E-state index in [0.717, 1.165) is 36.0 Å². The average molecular weight is 552 g/mol. The number of morpholine rings is 1. The molecule has 1 aliphatic heterocycles. The Kier molecular flexibility index (Phi) is 7.16. The van der Waals surface area contributed by atoms with Crippen molar-refractivity contribution in [1.82, 2.24) is 29.7 Å². The molecule has 0 spiro atoms. The quantitative estimate of drug-likeness (QED) is 0.348. The van der Waals surface area contributed by atoms with E-state index in [0.29, 0.717) is 41.4 Å². The van der Waals surface area contributed by atoms with Crippen LogP contribution >= 0.6 is 11.6 Å². The Morgan fingerprint density at radius 3 is 2.69 bits per heavy atom. The number of nitrogens with zero attached hydrogens (tertiary/aromatic N) is 6. The highest BCUT2D eigenvalue weighted by Crippen LogP contribution is 2.37. The van der Waals surface area contributed by atoms with Crippen molar-refractivity contribution in [3.8, 4) is 23.0 Å². The molecule has 10 nitrogen and oxygen atoms in total. The molecule has 1 unspecified atom stereocenters. The summed E-state index contributed by atoms with van der Waals surface area (Å²) >= 11 is 6.43. The fourth-order valence-electron chi connectivity index (χ4n) is 5.87. The van der Waals surface area contributed by atoms with Crippen LogP contribution in [0.3, 0.4) is 0 Å². The van der Waals surface area contributed by atoms with Gasteiger partial charge < -0.3 is 18.6 Å². The minimum atomic E-state index is -0.663. The average Bonchev–Trinajstić information content (AvgIpc) is 3.53. The molecule has 0 amide bonds. The molecule has 1 aliphatic carbocycles. The molecular formula is C28H34ClN7O3. The zero-order valence-electron chi connectivity index (χ0n) is 22.6. The first-order valence-electron chi connectivity index (χ1n) is 13.8. The summed E-state index contributed by atoms with van der Waals surface area (Å²) in [5, 5.41) is 6.89. The van der Waals surface area contributed by atoms with Gasteiger partial charge in [-0.05, 0) is 42.7 Å². The predicted octanol–water partition coefficient (Wildman–Crippen LogP) is 5.18. The lowest BCUT2D eigenvalue weighted by atomic mass is 9.83. The van der Waals surface area contributed by atoms with E-state index in [9.17, 15) is 4.79 Å². The van der Waals surface area contributed by atoms with Gasteiger partial charge in [0.05, 0.1) is 19.3 Å². The first-order valence-corrected chi connectivity index (χ1v) is 14.2. The molecule has 0 bridgehead atoms. The van der Waals surface area contributed by atoms with Crippen LogP contribution in [0.2, 0.25) is 5.02 Å². The SMILES string of the molecule is CC1CCC(Cn2c(N3CCOCC3C(C)C)nc3nc(-c4n[nH]c(=O)o4)nc(-c4cccc(Cl)c4)c32)CC1. The largest absolute Gasteiger partial charge is 0.434 e. The van der Waals surface area contributed by atoms with Crippen molar-refractivity contribution in [3.63, 3.8) is 0 Å². The van der Waals surface area contributed by atoms with Crippen molar-refractivity contribution in [2.75, 3.05) is 24.7 Å². The summed E-state index contributed by atoms with van der Waals surface area (Å²) in [5.74, 6) is 2.11. The summed E-state index contributed by atoms with van der Waals surface area (Å²) in [6, 6.07) is 7.79. The Hall–Kier alpha value is -3.24. The molecular weight excluding hydrogens is 518 g/mol. The Labute approximate surface area is 231 Å². The standard InChI is InChI=1S/C28H34ClN7O3/c1-16(2)21-15-38-12-11-35(21)27-32-24-23(36(27)14-18-9-7-17(3)8-10-18)22(19-5-4-6-20(29)13-19)30-25(31-24)26-33-34-28(37)39-26/h4-6,13,16-18,21H,7-12,14-15H2,1-3H3,(H,34,37). The van der Waals surface area contributed by atoms with Gasteiger partial charge in [0.1, 0.15) is 11.2 Å². The zero-order chi connectivity index (χ0) is 27.1. The monoisotopic (exact) mass is 551 g/mol. The number of halogens is 1. The Bertz CT molecular complexity index is 1520. The van der Waals surface area contributed by atoms with Crippen molar-refractivity contribution in [1.29, 1.82) is 0 Å². The number of imidazole rings is 1. The van der Waals surface area contributed by atoms with E-state index >= 15 is 0 Å². The minimum absolute atomic E-state index is 0.0222. The highest BCUT2D eigenvalue weighted by Gasteiger charge is 2.33. The van der Waals surface area contributed by atoms with Crippen LogP contribution in [0, 0.1) is 17.8 Å². The van der Waals surface area contributed by atoms with E-state index in [1.165, 1.54) is 25.7 Å². The van der Waals surface area contributed by atoms with Crippen molar-refractivity contribution >= 4 is 28.7 Å². The van der Waals surface area contributed by atoms with E-state index in [1.54, 1.807) is 0 Å². The van der Waals surface area contributed by atoms with Gasteiger partial charge in [-0.25, -0.2) is 19.9 Å². The third-order valence-corrected chi connectivity index (χ3v) is 8.31. The second kappa shape index (κ2) is 10.7. The van der Waals surface area contributed by atoms with Crippen molar-refractivity contribution in [2.24, 2.45) is 17.8 Å². The number of H-pyrrole nitrogens is 1. The van der Waals surface area contributed by atoms with E-state index in [2.05, 4.69) is 40.4 Å². The molecule has 206 valence electrons. The Morgan fingerprint density at radius 1 is 1.15 bits per heavy atom. The van der Waals surface area contributed by atoms with Crippen LogP contribution in [0.25, 0.3) is 34.1 Å². The summed E-state index contributed by atoms with van der Waals surface area (Å²) in [4.78, 5) is 28.9. The number of anilines is 1. The van der Waals surface area contributed by atoms with Gasteiger partial charge in [-0.3, -0.25) is 0 Å². The van der Waals surface area contributed by atoms with E-state index in [4.69, 9.17) is 35.7 Å². The highest BCUT2D eigenvalue weighted by atomic mass is 35.5. The van der Waals surface area contributed by atoms with Gasteiger partial charge in [-0.15, -0.1) is 5.10 Å². The first-order chi connectivity index (χ1) is 18.9. The van der Waals surface area contributed by atoms with Gasteiger partial charge >= 0.3 is 5.76 Å². The molecule has 6 rings (SSSR count). The van der Waals surface area contributed by atoms with Crippen LogP contribution in [0.1, 0.15) is 46.5 Å². The van der Waals surface area contributed by atoms with Gasteiger partial charge in [0.15, 0.2) is 5.65 Å². The van der Waals surface area contributed by atoms with Crippen molar-refractivity contribution < 1.29 is 9.15 Å². The third-order valence-electron chi connectivity index (χ3n) is 8.08. The molecule has 1 aromatic carbocycles. The number of nitrogens with one attached hydrogen (secondary N) is 1. The van der Waals surface area contributed by atoms with Crippen LogP contribution in [0.4, 0.5) is 5.95 Å². The summed E-state index contributed by atoms with van der Waals surface area (Å²) in [7, 11) is 0. The molecule has 11 heteroatoms. The maximum Gasteiger partial charge on any atom is 0.434 e. The van der Waals surface area contributed by atoms with Crippen molar-refractivity contribution in [2.45, 2.75) is 59.0 Å². The first kappa shape index (κ1) is 26.0. The van der Waals surface area contributed by atoms with Crippen LogP contribution in [0.15, 0.2) is 33.5 Å². The lowest BCUT2D eigenvalue weighted by molar-refractivity contribution is 0.0792. The van der Waals surface area contributed by atoms with E-state index in [-0.39, 0.29) is 17.8 Å². The maximum atomic E-state index is 11.7. The van der Waals surface area contributed by atoms with Gasteiger partial charge in [0, 0.05) is 23.7 Å². The van der Waals surface area contributed by atoms with E-state index in [1.807, 2.05) is 24.3 Å². The number of rotatable bonds is 6. The molecule has 3 aromatic heterocycles. The van der Waals surface area contributed by atoms with Gasteiger partial charge in [-0.1, -0.05) is 57.3 Å². The fourth-order valence-corrected chi connectivity index (χ4v) is 6.06. The Balaban J connectivity index is 1.58. The molecule has 4 aromatic rings. The molecule has 0 radical (unpaired) electrons. The van der Waals surface area contributed by atoms with E-state index < -0.39 is 5.76 Å². The third kappa shape index (κ3) is 5.19. The number of hydrogen-bond donors (Lipinski definition) is 1. The number of benzene rings is 1. The maximum absolute atomic E-state index is 11.7. The lowest BCUT2D eigenvalue weighted by Gasteiger charge is -2.39. The second-order valence-electron chi connectivity index (χ2n) is 11.2. The number of aromatic nitrogens is 6. The van der Waals surface area contributed by atoms with Crippen molar-refractivity contribution in [3.05, 3.63) is 39.8 Å². The predicted molar refractivity (Wildman–Crippen MR) is 150 cm³/mol. The number of aromatic amines is 1. The second-order valence-corrected chi connectivity index (χ2v) is 11.7. The molecule has 2 aliphatic rings. The molecule has 1 atom stereocenters.